The highest BCUT2D eigenvalue weighted by atomic mass is 31.1. The number of nitrogens with two attached hydrogens (primary N) is 3. The van der Waals surface area contributed by atoms with E-state index in [0.29, 0.717) is 17.1 Å². The minimum absolute atomic E-state index is 0.620. The Morgan fingerprint density at radius 3 is 1.09 bits per heavy atom. The Labute approximate surface area is 129 Å². The lowest BCUT2D eigenvalue weighted by Gasteiger charge is -2.16. The Kier molecular flexibility index (Phi) is 3.85. The summed E-state index contributed by atoms with van der Waals surface area (Å²) in [5.41, 5.74) is 21.7. The number of nitrogen functional groups attached to an aromatic ring is 3. The Hall–Kier alpha value is -2.72. The SMILES string of the molecule is Nc1ccc(P(c2ccc(N)cn2)c2ccc(N)cn2)nc1. The summed E-state index contributed by atoms with van der Waals surface area (Å²) in [6.07, 6.45) is 4.91. The first-order valence-corrected chi connectivity index (χ1v) is 7.92. The molecule has 6 N–H and O–H groups in total. The van der Waals surface area contributed by atoms with Crippen molar-refractivity contribution < 1.29 is 0 Å². The van der Waals surface area contributed by atoms with Gasteiger partial charge < -0.3 is 17.2 Å². The molecule has 0 bridgehead atoms. The first-order valence-electron chi connectivity index (χ1n) is 6.58. The van der Waals surface area contributed by atoms with E-state index >= 15 is 0 Å². The van der Waals surface area contributed by atoms with E-state index < -0.39 is 7.92 Å². The van der Waals surface area contributed by atoms with Crippen molar-refractivity contribution in [1.29, 1.82) is 0 Å². The zero-order chi connectivity index (χ0) is 15.5. The molecule has 3 aromatic heterocycles. The molecule has 6 nitrogen and oxygen atoms in total. The van der Waals surface area contributed by atoms with Gasteiger partial charge in [0.25, 0.3) is 0 Å². The number of anilines is 3. The summed E-state index contributed by atoms with van der Waals surface area (Å²) in [6, 6.07) is 11.2. The van der Waals surface area contributed by atoms with Crippen LogP contribution in [0, 0.1) is 0 Å². The molecule has 3 rings (SSSR count). The van der Waals surface area contributed by atoms with Gasteiger partial charge in [-0.3, -0.25) is 15.0 Å². The fourth-order valence-electron chi connectivity index (χ4n) is 1.94. The lowest BCUT2D eigenvalue weighted by molar-refractivity contribution is 1.36. The third-order valence-electron chi connectivity index (χ3n) is 3.00. The summed E-state index contributed by atoms with van der Waals surface area (Å²) in [5.74, 6) is 0. The van der Waals surface area contributed by atoms with Crippen molar-refractivity contribution >= 4 is 41.3 Å². The van der Waals surface area contributed by atoms with Gasteiger partial charge in [0.05, 0.1) is 52.0 Å². The van der Waals surface area contributed by atoms with Crippen molar-refractivity contribution in [1.82, 2.24) is 15.0 Å². The zero-order valence-corrected chi connectivity index (χ0v) is 12.6. The number of pyridine rings is 3. The van der Waals surface area contributed by atoms with Gasteiger partial charge in [-0.1, -0.05) is 0 Å². The van der Waals surface area contributed by atoms with Crippen LogP contribution >= 0.6 is 7.92 Å². The van der Waals surface area contributed by atoms with E-state index in [0.717, 1.165) is 16.3 Å². The average Bonchev–Trinajstić information content (AvgIpc) is 2.53. The quantitative estimate of drug-likeness (QED) is 0.602. The van der Waals surface area contributed by atoms with Crippen molar-refractivity contribution in [3.05, 3.63) is 55.0 Å². The number of hydrogen-bond donors (Lipinski definition) is 3. The Balaban J connectivity index is 2.10. The second-order valence-electron chi connectivity index (χ2n) is 4.68. The van der Waals surface area contributed by atoms with Crippen LogP contribution in [0.25, 0.3) is 0 Å². The van der Waals surface area contributed by atoms with Crippen molar-refractivity contribution in [2.75, 3.05) is 17.2 Å². The van der Waals surface area contributed by atoms with Crippen LogP contribution in [-0.4, -0.2) is 15.0 Å². The van der Waals surface area contributed by atoms with E-state index in [-0.39, 0.29) is 0 Å². The number of hydrogen-bond acceptors (Lipinski definition) is 6. The van der Waals surface area contributed by atoms with Gasteiger partial charge in [0, 0.05) is 7.92 Å². The van der Waals surface area contributed by atoms with E-state index in [1.807, 2.05) is 36.4 Å². The minimum Gasteiger partial charge on any atom is -0.397 e. The van der Waals surface area contributed by atoms with Crippen LogP contribution in [0.5, 0.6) is 0 Å². The highest BCUT2D eigenvalue weighted by Gasteiger charge is 2.20. The Bertz CT molecular complexity index is 647. The molecule has 0 aromatic carbocycles. The maximum Gasteiger partial charge on any atom is 0.0755 e. The predicted octanol–water partition coefficient (Wildman–Crippen LogP) is 0.376. The summed E-state index contributed by atoms with van der Waals surface area (Å²) < 4.78 is 0. The molecule has 0 spiro atoms. The van der Waals surface area contributed by atoms with Crippen LogP contribution in [0.15, 0.2) is 55.0 Å². The van der Waals surface area contributed by atoms with Gasteiger partial charge in [-0.15, -0.1) is 0 Å². The fourth-order valence-corrected chi connectivity index (χ4v) is 3.84. The first-order chi connectivity index (χ1) is 10.6. The molecule has 7 heteroatoms. The molecule has 0 saturated carbocycles. The van der Waals surface area contributed by atoms with Crippen molar-refractivity contribution in [2.45, 2.75) is 0 Å². The average molecular weight is 310 g/mol. The standard InChI is InChI=1S/C15H15N6P/c16-10-1-4-13(19-7-10)22(14-5-2-11(17)8-20-14)15-6-3-12(18)9-21-15/h1-9H,16-18H2. The maximum absolute atomic E-state index is 5.72. The van der Waals surface area contributed by atoms with Gasteiger partial charge in [-0.05, 0) is 36.4 Å². The molecule has 0 radical (unpaired) electrons. The van der Waals surface area contributed by atoms with Crippen LogP contribution in [0.4, 0.5) is 17.1 Å². The molecule has 0 aliphatic carbocycles. The number of rotatable bonds is 3. The van der Waals surface area contributed by atoms with Crippen LogP contribution < -0.4 is 33.5 Å². The first kappa shape index (κ1) is 14.2. The van der Waals surface area contributed by atoms with Gasteiger partial charge in [-0.2, -0.15) is 0 Å². The van der Waals surface area contributed by atoms with Crippen LogP contribution in [0.1, 0.15) is 0 Å². The van der Waals surface area contributed by atoms with Crippen molar-refractivity contribution in [3.8, 4) is 0 Å². The van der Waals surface area contributed by atoms with Crippen molar-refractivity contribution in [3.63, 3.8) is 0 Å². The van der Waals surface area contributed by atoms with Gasteiger partial charge >= 0.3 is 0 Å². The molecule has 3 aromatic rings. The van der Waals surface area contributed by atoms with Gasteiger partial charge in [-0.25, -0.2) is 0 Å². The van der Waals surface area contributed by atoms with E-state index in [2.05, 4.69) is 15.0 Å². The van der Waals surface area contributed by atoms with Gasteiger partial charge in [0.1, 0.15) is 0 Å². The second kappa shape index (κ2) is 5.95. The molecule has 0 fully saturated rings. The van der Waals surface area contributed by atoms with Gasteiger partial charge in [0.2, 0.25) is 0 Å². The highest BCUT2D eigenvalue weighted by molar-refractivity contribution is 7.79. The van der Waals surface area contributed by atoms with Crippen LogP contribution in [0.2, 0.25) is 0 Å². The molecule has 0 atom stereocenters. The topological polar surface area (TPSA) is 117 Å². The fraction of sp³-hybridized carbons (Fsp3) is 0. The molecule has 0 aliphatic rings. The maximum atomic E-state index is 5.72. The molecular weight excluding hydrogens is 295 g/mol. The van der Waals surface area contributed by atoms with Gasteiger partial charge in [0.15, 0.2) is 0 Å². The van der Waals surface area contributed by atoms with Crippen LogP contribution in [0.3, 0.4) is 0 Å². The summed E-state index contributed by atoms with van der Waals surface area (Å²) in [7, 11) is -0.983. The molecule has 22 heavy (non-hydrogen) atoms. The Morgan fingerprint density at radius 2 is 0.864 bits per heavy atom. The summed E-state index contributed by atoms with van der Waals surface area (Å²) in [4.78, 5) is 13.3. The third-order valence-corrected chi connectivity index (χ3v) is 5.17. The monoisotopic (exact) mass is 310 g/mol. The number of nitrogens with zero attached hydrogens (tertiary/aromatic N) is 3. The molecule has 0 aliphatic heterocycles. The largest absolute Gasteiger partial charge is 0.397 e. The summed E-state index contributed by atoms with van der Waals surface area (Å²) in [6.45, 7) is 0. The van der Waals surface area contributed by atoms with E-state index in [1.54, 1.807) is 18.6 Å². The molecular formula is C15H15N6P. The predicted molar refractivity (Wildman–Crippen MR) is 91.8 cm³/mol. The molecule has 0 saturated heterocycles. The smallest absolute Gasteiger partial charge is 0.0755 e. The lowest BCUT2D eigenvalue weighted by Crippen LogP contribution is -2.26. The van der Waals surface area contributed by atoms with Crippen molar-refractivity contribution in [2.24, 2.45) is 0 Å². The van der Waals surface area contributed by atoms with Crippen LogP contribution in [-0.2, 0) is 0 Å². The van der Waals surface area contributed by atoms with E-state index in [1.165, 1.54) is 0 Å². The molecule has 0 amide bonds. The lowest BCUT2D eigenvalue weighted by atomic mass is 10.4. The summed E-state index contributed by atoms with van der Waals surface area (Å²) in [5, 5.41) is 0. The molecule has 110 valence electrons. The normalized spacial score (nSPS) is 10.8. The molecule has 0 unspecified atom stereocenters. The third kappa shape index (κ3) is 2.97. The number of aromatic nitrogens is 3. The highest BCUT2D eigenvalue weighted by Crippen LogP contribution is 2.30. The minimum atomic E-state index is -0.983. The second-order valence-corrected chi connectivity index (χ2v) is 6.73. The zero-order valence-electron chi connectivity index (χ0n) is 11.7. The summed E-state index contributed by atoms with van der Waals surface area (Å²) >= 11 is 0. The Morgan fingerprint density at radius 1 is 0.545 bits per heavy atom. The molecule has 3 heterocycles. The van der Waals surface area contributed by atoms with E-state index in [9.17, 15) is 0 Å². The van der Waals surface area contributed by atoms with E-state index in [4.69, 9.17) is 17.2 Å².